The number of hydrogen-bond donors (Lipinski definition) is 3. The molecule has 1 aromatic heterocycles. The first-order chi connectivity index (χ1) is 10.1. The number of carbonyl (C=O) groups excluding carboxylic acids is 2. The number of carbonyl (C=O) groups is 2. The largest absolute Gasteiger partial charge is 0.353 e. The van der Waals surface area contributed by atoms with Crippen LogP contribution in [0.2, 0.25) is 5.02 Å². The van der Waals surface area contributed by atoms with Gasteiger partial charge in [0.25, 0.3) is 0 Å². The lowest BCUT2D eigenvalue weighted by molar-refractivity contribution is -0.124. The Balaban J connectivity index is 1.83. The van der Waals surface area contributed by atoms with E-state index in [-0.39, 0.29) is 24.9 Å². The van der Waals surface area contributed by atoms with Crippen molar-refractivity contribution in [1.29, 1.82) is 0 Å². The minimum absolute atomic E-state index is 0.113. The molecule has 2 aromatic rings. The molecule has 1 unspecified atom stereocenters. The summed E-state index contributed by atoms with van der Waals surface area (Å²) < 4.78 is 0. The average molecular weight is 305 g/mol. The van der Waals surface area contributed by atoms with E-state index in [0.29, 0.717) is 16.2 Å². The van der Waals surface area contributed by atoms with Gasteiger partial charge in [0, 0.05) is 18.1 Å². The molecule has 7 heteroatoms. The second-order valence-electron chi connectivity index (χ2n) is 4.72. The second kappa shape index (κ2) is 5.67. The number of halogens is 1. The van der Waals surface area contributed by atoms with E-state index in [1.807, 2.05) is 6.07 Å². The molecular formula is C14H13ClN4O2. The van der Waals surface area contributed by atoms with Crippen molar-refractivity contribution >= 4 is 40.0 Å². The van der Waals surface area contributed by atoms with Gasteiger partial charge in [0.05, 0.1) is 22.8 Å². The van der Waals surface area contributed by atoms with Gasteiger partial charge in [-0.2, -0.15) is 0 Å². The summed E-state index contributed by atoms with van der Waals surface area (Å²) in [5.41, 5.74) is 1.23. The van der Waals surface area contributed by atoms with Crippen LogP contribution < -0.4 is 16.0 Å². The summed E-state index contributed by atoms with van der Waals surface area (Å²) >= 11 is 6.12. The molecule has 3 rings (SSSR count). The van der Waals surface area contributed by atoms with Crippen molar-refractivity contribution in [2.45, 2.75) is 6.04 Å². The molecule has 108 valence electrons. The maximum absolute atomic E-state index is 12.2. The van der Waals surface area contributed by atoms with Crippen molar-refractivity contribution in [3.8, 4) is 0 Å². The van der Waals surface area contributed by atoms with E-state index in [2.05, 4.69) is 20.9 Å². The van der Waals surface area contributed by atoms with Crippen molar-refractivity contribution in [2.24, 2.45) is 0 Å². The normalized spacial score (nSPS) is 18.3. The van der Waals surface area contributed by atoms with Crippen LogP contribution in [0.5, 0.6) is 0 Å². The molecule has 0 saturated carbocycles. The van der Waals surface area contributed by atoms with Gasteiger partial charge in [-0.1, -0.05) is 11.6 Å². The molecule has 1 saturated heterocycles. The number of piperazine rings is 1. The Morgan fingerprint density at radius 1 is 1.38 bits per heavy atom. The fourth-order valence-electron chi connectivity index (χ4n) is 2.21. The Morgan fingerprint density at radius 2 is 2.24 bits per heavy atom. The van der Waals surface area contributed by atoms with Gasteiger partial charge in [0.1, 0.15) is 6.04 Å². The molecule has 0 spiro atoms. The zero-order valence-electron chi connectivity index (χ0n) is 11.0. The molecule has 3 N–H and O–H groups in total. The van der Waals surface area contributed by atoms with E-state index >= 15 is 0 Å². The third-order valence-corrected chi connectivity index (χ3v) is 3.63. The van der Waals surface area contributed by atoms with Gasteiger partial charge >= 0.3 is 0 Å². The molecule has 1 atom stereocenters. The molecule has 0 radical (unpaired) electrons. The fraction of sp³-hybridized carbons (Fsp3) is 0.214. The van der Waals surface area contributed by atoms with Crippen LogP contribution in [0.4, 0.5) is 5.69 Å². The summed E-state index contributed by atoms with van der Waals surface area (Å²) in [4.78, 5) is 27.6. The average Bonchev–Trinajstić information content (AvgIpc) is 2.51. The number of amides is 2. The van der Waals surface area contributed by atoms with Gasteiger partial charge in [-0.15, -0.1) is 0 Å². The Hall–Kier alpha value is -2.18. The molecular weight excluding hydrogens is 292 g/mol. The van der Waals surface area contributed by atoms with Gasteiger partial charge in [-0.25, -0.2) is 0 Å². The first-order valence-corrected chi connectivity index (χ1v) is 6.87. The number of benzene rings is 1. The number of nitrogens with zero attached hydrogens (tertiary/aromatic N) is 1. The van der Waals surface area contributed by atoms with Crippen LogP contribution in [-0.4, -0.2) is 35.9 Å². The fourth-order valence-corrected chi connectivity index (χ4v) is 2.43. The predicted molar refractivity (Wildman–Crippen MR) is 80.2 cm³/mol. The zero-order valence-corrected chi connectivity index (χ0v) is 11.8. The summed E-state index contributed by atoms with van der Waals surface area (Å²) in [5, 5.41) is 9.71. The van der Waals surface area contributed by atoms with Crippen molar-refractivity contribution < 1.29 is 9.59 Å². The molecule has 2 heterocycles. The maximum atomic E-state index is 12.2. The van der Waals surface area contributed by atoms with Crippen molar-refractivity contribution in [3.05, 3.63) is 35.5 Å². The number of aromatic nitrogens is 1. The summed E-state index contributed by atoms with van der Waals surface area (Å²) in [6.45, 7) is 0.404. The quantitative estimate of drug-likeness (QED) is 0.770. The lowest BCUT2D eigenvalue weighted by Crippen LogP contribution is -2.56. The summed E-state index contributed by atoms with van der Waals surface area (Å²) in [5.74, 6) is -0.332. The van der Waals surface area contributed by atoms with Crippen molar-refractivity contribution in [2.75, 3.05) is 18.4 Å². The monoisotopic (exact) mass is 304 g/mol. The van der Waals surface area contributed by atoms with E-state index in [0.717, 1.165) is 5.39 Å². The lowest BCUT2D eigenvalue weighted by atomic mass is 10.1. The molecule has 1 fully saturated rings. The molecule has 1 aromatic carbocycles. The molecule has 2 amide bonds. The molecule has 21 heavy (non-hydrogen) atoms. The molecule has 0 aliphatic carbocycles. The van der Waals surface area contributed by atoms with Gasteiger partial charge in [-0.3, -0.25) is 19.9 Å². The van der Waals surface area contributed by atoms with Gasteiger partial charge < -0.3 is 10.6 Å². The smallest absolute Gasteiger partial charge is 0.243 e. The second-order valence-corrected chi connectivity index (χ2v) is 5.13. The first-order valence-electron chi connectivity index (χ1n) is 6.49. The van der Waals surface area contributed by atoms with Crippen LogP contribution in [-0.2, 0) is 9.59 Å². The lowest BCUT2D eigenvalue weighted by Gasteiger charge is -2.23. The molecule has 1 aliphatic heterocycles. The van der Waals surface area contributed by atoms with Crippen LogP contribution in [0.1, 0.15) is 0 Å². The first kappa shape index (κ1) is 13.8. The number of hydrogen-bond acceptors (Lipinski definition) is 4. The highest BCUT2D eigenvalue weighted by atomic mass is 35.5. The molecule has 1 aliphatic rings. The van der Waals surface area contributed by atoms with E-state index in [9.17, 15) is 9.59 Å². The van der Waals surface area contributed by atoms with Crippen LogP contribution in [0, 0.1) is 0 Å². The minimum atomic E-state index is -0.461. The van der Waals surface area contributed by atoms with Crippen LogP contribution in [0.25, 0.3) is 10.9 Å². The summed E-state index contributed by atoms with van der Waals surface area (Å²) in [6.07, 6.45) is 1.65. The minimum Gasteiger partial charge on any atom is -0.353 e. The van der Waals surface area contributed by atoms with Crippen LogP contribution in [0.3, 0.4) is 0 Å². The predicted octanol–water partition coefficient (Wildman–Crippen LogP) is 0.915. The Bertz CT molecular complexity index is 709. The molecule has 0 bridgehead atoms. The summed E-state index contributed by atoms with van der Waals surface area (Å²) in [7, 11) is 0. The maximum Gasteiger partial charge on any atom is 0.243 e. The van der Waals surface area contributed by atoms with Gasteiger partial charge in [0.15, 0.2) is 0 Å². The third-order valence-electron chi connectivity index (χ3n) is 3.30. The Kier molecular flexibility index (Phi) is 3.72. The SMILES string of the molecule is O=C1CNC(C(=O)Nc2ccc(Cl)c3cccnc23)CN1. The number of rotatable bonds is 2. The van der Waals surface area contributed by atoms with Crippen LogP contribution in [0.15, 0.2) is 30.5 Å². The van der Waals surface area contributed by atoms with E-state index in [1.165, 1.54) is 0 Å². The number of nitrogens with one attached hydrogen (secondary N) is 3. The zero-order chi connectivity index (χ0) is 14.8. The van der Waals surface area contributed by atoms with E-state index in [1.54, 1.807) is 24.4 Å². The van der Waals surface area contributed by atoms with Crippen molar-refractivity contribution in [3.63, 3.8) is 0 Å². The Morgan fingerprint density at radius 3 is 3.00 bits per heavy atom. The number of anilines is 1. The highest BCUT2D eigenvalue weighted by Gasteiger charge is 2.24. The van der Waals surface area contributed by atoms with Crippen LogP contribution >= 0.6 is 11.6 Å². The Labute approximate surface area is 125 Å². The highest BCUT2D eigenvalue weighted by molar-refractivity contribution is 6.36. The highest BCUT2D eigenvalue weighted by Crippen LogP contribution is 2.27. The van der Waals surface area contributed by atoms with Gasteiger partial charge in [0.2, 0.25) is 11.8 Å². The topological polar surface area (TPSA) is 83.1 Å². The number of fused-ring (bicyclic) bond motifs is 1. The molecule has 6 nitrogen and oxygen atoms in total. The van der Waals surface area contributed by atoms with Gasteiger partial charge in [-0.05, 0) is 24.3 Å². The van der Waals surface area contributed by atoms with E-state index in [4.69, 9.17) is 11.6 Å². The van der Waals surface area contributed by atoms with E-state index < -0.39 is 6.04 Å². The standard InChI is InChI=1S/C14H13ClN4O2/c15-9-3-4-10(13-8(9)2-1-5-16-13)19-14(21)11-6-18-12(20)7-17-11/h1-5,11,17H,6-7H2,(H,18,20)(H,19,21). The summed E-state index contributed by atoms with van der Waals surface area (Å²) in [6, 6.07) is 6.61. The number of pyridine rings is 1. The third kappa shape index (κ3) is 2.81. The van der Waals surface area contributed by atoms with Crippen molar-refractivity contribution in [1.82, 2.24) is 15.6 Å².